The number of aliphatic hydroxyl groups is 1. The van der Waals surface area contributed by atoms with Crippen LogP contribution in [0.2, 0.25) is 5.02 Å². The molecule has 1 heterocycles. The number of hydrogen-bond donors (Lipinski definition) is 3. The number of hydrogen-bond acceptors (Lipinski definition) is 7. The van der Waals surface area contributed by atoms with Gasteiger partial charge in [0.25, 0.3) is 5.91 Å². The number of aliphatic imine (C=N–C) groups is 1. The first-order chi connectivity index (χ1) is 22.0. The van der Waals surface area contributed by atoms with E-state index >= 15 is 0 Å². The molecule has 4 aromatic carbocycles. The predicted molar refractivity (Wildman–Crippen MR) is 173 cm³/mol. The normalized spacial score (nSPS) is 17.1. The van der Waals surface area contributed by atoms with Crippen LogP contribution in [-0.4, -0.2) is 35.7 Å². The second-order valence-electron chi connectivity index (χ2n) is 10.5. The Kier molecular flexibility index (Phi) is 10.7. The summed E-state index contributed by atoms with van der Waals surface area (Å²) in [4.78, 5) is 22.4. The van der Waals surface area contributed by atoms with Crippen molar-refractivity contribution < 1.29 is 19.4 Å². The quantitative estimate of drug-likeness (QED) is 0.0501. The van der Waals surface area contributed by atoms with Gasteiger partial charge in [-0.25, -0.2) is 10.4 Å². The molecule has 0 radical (unpaired) electrons. The van der Waals surface area contributed by atoms with Crippen LogP contribution in [-0.2, 0) is 29.0 Å². The lowest BCUT2D eigenvalue weighted by molar-refractivity contribution is -0.130. The van der Waals surface area contributed by atoms with E-state index < -0.39 is 17.6 Å². The van der Waals surface area contributed by atoms with Crippen molar-refractivity contribution in [3.63, 3.8) is 0 Å². The lowest BCUT2D eigenvalue weighted by Crippen LogP contribution is -2.53. The summed E-state index contributed by atoms with van der Waals surface area (Å²) in [6.45, 7) is 0.904. The van der Waals surface area contributed by atoms with Crippen molar-refractivity contribution in [2.75, 3.05) is 13.2 Å². The predicted octanol–water partition coefficient (Wildman–Crippen LogP) is 6.23. The van der Waals surface area contributed by atoms with E-state index in [1.165, 1.54) is 0 Å². The molecule has 5 rings (SSSR count). The Bertz CT molecular complexity index is 1680. The molecule has 0 aliphatic carbocycles. The van der Waals surface area contributed by atoms with Gasteiger partial charge in [-0.1, -0.05) is 83.4 Å². The molecule has 230 valence electrons. The minimum atomic E-state index is -1.44. The standard InChI is InChI=1S/C34H33ClN6O4/c35-29-13-6-8-24(20-29)22-37-40-33(43)34(21-27-11-4-5-12-28(27)23-38-41-36)31(25-9-2-1-3-10-25)45-32(39-34)26-14-16-30(17-15-26)44-19-7-18-42/h1-6,8-17,20,31,37,42H,7,18-19,21-23H2,(H,40,43)/t31-,34-/m0/s1. The molecule has 45 heavy (non-hydrogen) atoms. The van der Waals surface area contributed by atoms with Crippen LogP contribution >= 0.6 is 11.6 Å². The topological polar surface area (TPSA) is 141 Å². The van der Waals surface area contributed by atoms with Gasteiger partial charge >= 0.3 is 0 Å². The number of nitrogens with one attached hydrogen (secondary N) is 2. The second kappa shape index (κ2) is 15.2. The second-order valence-corrected chi connectivity index (χ2v) is 10.9. The first-order valence-electron chi connectivity index (χ1n) is 14.5. The van der Waals surface area contributed by atoms with Crippen molar-refractivity contribution in [1.82, 2.24) is 10.9 Å². The highest BCUT2D eigenvalue weighted by atomic mass is 35.5. The van der Waals surface area contributed by atoms with Crippen LogP contribution in [0.15, 0.2) is 113 Å². The molecule has 3 N–H and O–H groups in total. The van der Waals surface area contributed by atoms with Crippen molar-refractivity contribution in [3.05, 3.63) is 146 Å². The number of aliphatic hydroxyl groups excluding tert-OH is 1. The molecule has 0 saturated carbocycles. The van der Waals surface area contributed by atoms with Crippen molar-refractivity contribution in [3.8, 4) is 5.75 Å². The fourth-order valence-corrected chi connectivity index (χ4v) is 5.39. The van der Waals surface area contributed by atoms with E-state index in [2.05, 4.69) is 20.9 Å². The monoisotopic (exact) mass is 624 g/mol. The number of carbonyl (C=O) groups excluding carboxylic acids is 1. The highest BCUT2D eigenvalue weighted by molar-refractivity contribution is 6.30. The maximum atomic E-state index is 14.4. The SMILES string of the molecule is [N-]=[N+]=NCc1ccccc1C[C@]1(C(=O)NNCc2cccc(Cl)c2)N=C(c2ccc(OCCCO)cc2)O[C@H]1c1ccccc1. The zero-order valence-corrected chi connectivity index (χ0v) is 25.2. The number of benzene rings is 4. The third kappa shape index (κ3) is 7.81. The number of hydrazine groups is 1. The van der Waals surface area contributed by atoms with Crippen molar-refractivity contribution in [1.29, 1.82) is 0 Å². The van der Waals surface area contributed by atoms with E-state index in [1.54, 1.807) is 18.2 Å². The Morgan fingerprint density at radius 1 is 1.02 bits per heavy atom. The van der Waals surface area contributed by atoms with Crippen LogP contribution in [0.5, 0.6) is 5.75 Å². The molecule has 2 atom stereocenters. The van der Waals surface area contributed by atoms with Gasteiger partial charge in [0.2, 0.25) is 5.90 Å². The zero-order chi connectivity index (χ0) is 31.5. The van der Waals surface area contributed by atoms with Crippen LogP contribution in [0, 0.1) is 0 Å². The Hall–Kier alpha value is -4.86. The summed E-state index contributed by atoms with van der Waals surface area (Å²) in [5.74, 6) is 0.561. The van der Waals surface area contributed by atoms with Gasteiger partial charge in [-0.15, -0.1) is 0 Å². The highest BCUT2D eigenvalue weighted by Gasteiger charge is 2.53. The molecule has 11 heteroatoms. The zero-order valence-electron chi connectivity index (χ0n) is 24.5. The van der Waals surface area contributed by atoms with Crippen LogP contribution in [0.4, 0.5) is 0 Å². The maximum Gasteiger partial charge on any atom is 0.266 e. The Labute approximate surface area is 266 Å². The molecule has 0 spiro atoms. The Morgan fingerprint density at radius 3 is 2.51 bits per heavy atom. The smallest absolute Gasteiger partial charge is 0.266 e. The lowest BCUT2D eigenvalue weighted by atomic mass is 9.81. The Morgan fingerprint density at radius 2 is 1.78 bits per heavy atom. The molecule has 1 aliphatic heterocycles. The summed E-state index contributed by atoms with van der Waals surface area (Å²) < 4.78 is 12.3. The number of halogens is 1. The van der Waals surface area contributed by atoms with Gasteiger partial charge in [-0.05, 0) is 64.2 Å². The van der Waals surface area contributed by atoms with Gasteiger partial charge in [0.1, 0.15) is 5.75 Å². The summed E-state index contributed by atoms with van der Waals surface area (Å²) in [6.07, 6.45) is -0.0876. The maximum absolute atomic E-state index is 14.4. The average Bonchev–Trinajstić information content (AvgIpc) is 3.45. The van der Waals surface area contributed by atoms with Crippen LogP contribution in [0.25, 0.3) is 10.4 Å². The molecule has 1 amide bonds. The molecule has 0 bridgehead atoms. The van der Waals surface area contributed by atoms with Gasteiger partial charge in [0.05, 0.1) is 13.2 Å². The van der Waals surface area contributed by atoms with Crippen LogP contribution < -0.4 is 15.6 Å². The van der Waals surface area contributed by atoms with Crippen molar-refractivity contribution in [2.24, 2.45) is 10.1 Å². The molecular weight excluding hydrogens is 592 g/mol. The summed E-state index contributed by atoms with van der Waals surface area (Å²) in [7, 11) is 0. The molecule has 4 aromatic rings. The molecule has 0 fully saturated rings. The van der Waals surface area contributed by atoms with Gasteiger partial charge < -0.3 is 14.6 Å². The van der Waals surface area contributed by atoms with Gasteiger partial charge in [-0.2, -0.15) is 0 Å². The van der Waals surface area contributed by atoms with E-state index in [1.807, 2.05) is 84.9 Å². The first kappa shape index (κ1) is 31.6. The van der Waals surface area contributed by atoms with E-state index in [9.17, 15) is 4.79 Å². The number of ether oxygens (including phenoxy) is 2. The number of rotatable bonds is 14. The van der Waals surface area contributed by atoms with E-state index in [4.69, 9.17) is 36.7 Å². The van der Waals surface area contributed by atoms with Gasteiger partial charge in [0.15, 0.2) is 11.6 Å². The van der Waals surface area contributed by atoms with E-state index in [-0.39, 0.29) is 19.6 Å². The van der Waals surface area contributed by atoms with Crippen molar-refractivity contribution >= 4 is 23.4 Å². The molecule has 1 aliphatic rings. The summed E-state index contributed by atoms with van der Waals surface area (Å²) >= 11 is 6.16. The molecule has 10 nitrogen and oxygen atoms in total. The highest BCUT2D eigenvalue weighted by Crippen LogP contribution is 2.43. The van der Waals surface area contributed by atoms with Gasteiger partial charge in [-0.3, -0.25) is 10.2 Å². The van der Waals surface area contributed by atoms with E-state index in [0.29, 0.717) is 41.8 Å². The molecular formula is C34H33ClN6O4. The van der Waals surface area contributed by atoms with Crippen LogP contribution in [0.3, 0.4) is 0 Å². The summed E-state index contributed by atoms with van der Waals surface area (Å²) in [5, 5.41) is 13.4. The summed E-state index contributed by atoms with van der Waals surface area (Å²) in [6, 6.07) is 31.7. The van der Waals surface area contributed by atoms with E-state index in [0.717, 1.165) is 22.3 Å². The molecule has 0 unspecified atom stereocenters. The lowest BCUT2D eigenvalue weighted by Gasteiger charge is -2.31. The van der Waals surface area contributed by atoms with Crippen LogP contribution in [0.1, 0.15) is 40.3 Å². The number of amides is 1. The average molecular weight is 625 g/mol. The van der Waals surface area contributed by atoms with Gasteiger partial charge in [0, 0.05) is 41.5 Å². The fourth-order valence-electron chi connectivity index (χ4n) is 5.17. The third-order valence-electron chi connectivity index (χ3n) is 7.40. The molecule has 0 saturated heterocycles. The largest absolute Gasteiger partial charge is 0.494 e. The fraction of sp³-hybridized carbons (Fsp3) is 0.235. The molecule has 0 aromatic heterocycles. The number of carbonyl (C=O) groups is 1. The number of nitrogens with zero attached hydrogens (tertiary/aromatic N) is 4. The van der Waals surface area contributed by atoms with Crippen molar-refractivity contribution in [2.45, 2.75) is 37.6 Å². The minimum Gasteiger partial charge on any atom is -0.494 e. The summed E-state index contributed by atoms with van der Waals surface area (Å²) in [5.41, 5.74) is 17.4. The Balaban J connectivity index is 1.54. The third-order valence-corrected chi connectivity index (χ3v) is 7.63. The minimum absolute atomic E-state index is 0.0493. The first-order valence-corrected chi connectivity index (χ1v) is 14.9. The number of azide groups is 1.